The topological polar surface area (TPSA) is 41.6 Å². The monoisotopic (exact) mass is 426 g/mol. The smallest absolute Gasteiger partial charge is 0.328 e. The zero-order valence-corrected chi connectivity index (χ0v) is 15.9. The van der Waals surface area contributed by atoms with Crippen molar-refractivity contribution in [2.45, 2.75) is 19.9 Å². The van der Waals surface area contributed by atoms with E-state index in [0.717, 1.165) is 39.3 Å². The highest BCUT2D eigenvalue weighted by Crippen LogP contribution is 2.35. The van der Waals surface area contributed by atoms with E-state index in [-0.39, 0.29) is 5.97 Å². The zero-order chi connectivity index (χ0) is 15.1. The molecular weight excluding hydrogens is 408 g/mol. The van der Waals surface area contributed by atoms with Crippen LogP contribution in [0.15, 0.2) is 14.3 Å². The van der Waals surface area contributed by atoms with Crippen LogP contribution in [0, 0.1) is 0 Å². The second-order valence-electron chi connectivity index (χ2n) is 4.21. The summed E-state index contributed by atoms with van der Waals surface area (Å²) in [6.07, 6.45) is 0. The fourth-order valence-corrected chi connectivity index (χ4v) is 3.98. The van der Waals surface area contributed by atoms with Crippen LogP contribution in [0.25, 0.3) is 0 Å². The lowest BCUT2D eigenvalue weighted by atomic mass is 10.2. The van der Waals surface area contributed by atoms with Gasteiger partial charge in [-0.2, -0.15) is 0 Å². The molecule has 0 spiro atoms. The molecule has 0 radical (unpaired) electrons. The van der Waals surface area contributed by atoms with Crippen LogP contribution >= 0.6 is 43.2 Å². The molecule has 0 aromatic carbocycles. The van der Waals surface area contributed by atoms with Gasteiger partial charge in [-0.25, -0.2) is 4.79 Å². The number of methoxy groups -OCH3 is 1. The number of likely N-dealkylation sites (N-methyl/N-ethyl adjacent to an activating group) is 1. The summed E-state index contributed by atoms with van der Waals surface area (Å²) in [5.74, 6) is -0.259. The Bertz CT molecular complexity index is 417. The number of ether oxygens (including phenoxy) is 1. The van der Waals surface area contributed by atoms with Crippen LogP contribution in [0.1, 0.15) is 24.8 Å². The standard InChI is InChI=1S/C13H20Br2N2O2S/c1-4-17(5-2)7-6-16-11(13(18)19-3)10-8-9(14)12(15)20-10/h8,11,16H,4-7H2,1-3H3. The summed E-state index contributed by atoms with van der Waals surface area (Å²) < 4.78 is 6.82. The van der Waals surface area contributed by atoms with Crippen LogP contribution in [0.3, 0.4) is 0 Å². The van der Waals surface area contributed by atoms with Gasteiger partial charge >= 0.3 is 5.97 Å². The summed E-state index contributed by atoms with van der Waals surface area (Å²) in [5, 5.41) is 3.28. The molecule has 0 aliphatic heterocycles. The highest BCUT2D eigenvalue weighted by molar-refractivity contribution is 9.13. The number of nitrogens with zero attached hydrogens (tertiary/aromatic N) is 1. The first-order valence-electron chi connectivity index (χ1n) is 6.51. The van der Waals surface area contributed by atoms with E-state index in [1.807, 2.05) is 6.07 Å². The second-order valence-corrected chi connectivity index (χ2v) is 7.46. The van der Waals surface area contributed by atoms with Gasteiger partial charge in [0.25, 0.3) is 0 Å². The van der Waals surface area contributed by atoms with Crippen molar-refractivity contribution in [2.75, 3.05) is 33.3 Å². The van der Waals surface area contributed by atoms with Crippen LogP contribution in [0.4, 0.5) is 0 Å². The van der Waals surface area contributed by atoms with Crippen molar-refractivity contribution >= 4 is 49.2 Å². The second kappa shape index (κ2) is 9.15. The molecule has 0 saturated carbocycles. The largest absolute Gasteiger partial charge is 0.468 e. The summed E-state index contributed by atoms with van der Waals surface area (Å²) in [7, 11) is 1.42. The van der Waals surface area contributed by atoms with Gasteiger partial charge in [0.05, 0.1) is 10.9 Å². The van der Waals surface area contributed by atoms with Crippen molar-refractivity contribution in [1.82, 2.24) is 10.2 Å². The first-order chi connectivity index (χ1) is 9.53. The molecule has 4 nitrogen and oxygen atoms in total. The number of carbonyl (C=O) groups is 1. The van der Waals surface area contributed by atoms with Crippen molar-refractivity contribution in [3.63, 3.8) is 0 Å². The quantitative estimate of drug-likeness (QED) is 0.645. The highest BCUT2D eigenvalue weighted by Gasteiger charge is 2.23. The number of hydrogen-bond acceptors (Lipinski definition) is 5. The molecule has 1 rings (SSSR count). The van der Waals surface area contributed by atoms with Crippen LogP contribution in [0.5, 0.6) is 0 Å². The van der Waals surface area contributed by atoms with Crippen molar-refractivity contribution in [3.8, 4) is 0 Å². The summed E-state index contributed by atoms with van der Waals surface area (Å²) in [6, 6.07) is 1.53. The molecule has 0 saturated heterocycles. The number of halogens is 2. The predicted octanol–water partition coefficient (Wildman–Crippen LogP) is 3.42. The fraction of sp³-hybridized carbons (Fsp3) is 0.615. The van der Waals surface area contributed by atoms with E-state index in [1.165, 1.54) is 18.4 Å². The SMILES string of the molecule is CCN(CC)CCNC(C(=O)OC)c1cc(Br)c(Br)s1. The summed E-state index contributed by atoms with van der Waals surface area (Å²) in [5.41, 5.74) is 0. The Morgan fingerprint density at radius 2 is 2.10 bits per heavy atom. The average molecular weight is 428 g/mol. The van der Waals surface area contributed by atoms with E-state index in [4.69, 9.17) is 4.74 Å². The molecule has 20 heavy (non-hydrogen) atoms. The fourth-order valence-electron chi connectivity index (χ4n) is 1.83. The number of rotatable bonds is 8. The first-order valence-corrected chi connectivity index (χ1v) is 8.92. The van der Waals surface area contributed by atoms with Gasteiger partial charge in [0, 0.05) is 22.4 Å². The zero-order valence-electron chi connectivity index (χ0n) is 11.9. The molecular formula is C13H20Br2N2O2S. The van der Waals surface area contributed by atoms with Crippen LogP contribution in [-0.4, -0.2) is 44.2 Å². The summed E-state index contributed by atoms with van der Waals surface area (Å²) in [4.78, 5) is 15.2. The molecule has 114 valence electrons. The third kappa shape index (κ3) is 5.11. The van der Waals surface area contributed by atoms with Crippen molar-refractivity contribution in [2.24, 2.45) is 0 Å². The van der Waals surface area contributed by atoms with E-state index >= 15 is 0 Å². The average Bonchev–Trinajstić information content (AvgIpc) is 2.78. The molecule has 0 bridgehead atoms. The van der Waals surface area contributed by atoms with E-state index < -0.39 is 6.04 Å². The van der Waals surface area contributed by atoms with Gasteiger partial charge in [0.15, 0.2) is 0 Å². The van der Waals surface area contributed by atoms with Gasteiger partial charge in [0.1, 0.15) is 6.04 Å². The Balaban J connectivity index is 2.68. The van der Waals surface area contributed by atoms with Crippen LogP contribution < -0.4 is 5.32 Å². The molecule has 0 aliphatic carbocycles. The predicted molar refractivity (Wildman–Crippen MR) is 90.3 cm³/mol. The van der Waals surface area contributed by atoms with Gasteiger partial charge < -0.3 is 9.64 Å². The van der Waals surface area contributed by atoms with Crippen molar-refractivity contribution < 1.29 is 9.53 Å². The molecule has 1 N–H and O–H groups in total. The molecule has 0 aliphatic rings. The number of carbonyl (C=O) groups excluding carboxylic acids is 1. The first kappa shape index (κ1) is 18.1. The van der Waals surface area contributed by atoms with Gasteiger partial charge in [-0.1, -0.05) is 13.8 Å². The Morgan fingerprint density at radius 3 is 2.55 bits per heavy atom. The third-order valence-corrected chi connectivity index (χ3v) is 6.38. The highest BCUT2D eigenvalue weighted by atomic mass is 79.9. The minimum absolute atomic E-state index is 0.259. The maximum atomic E-state index is 11.9. The maximum Gasteiger partial charge on any atom is 0.328 e. The Labute approximate surface area is 141 Å². The van der Waals surface area contributed by atoms with Crippen molar-refractivity contribution in [3.05, 3.63) is 19.2 Å². The number of esters is 1. The minimum Gasteiger partial charge on any atom is -0.468 e. The van der Waals surface area contributed by atoms with E-state index in [1.54, 1.807) is 0 Å². The number of hydrogen-bond donors (Lipinski definition) is 1. The molecule has 0 amide bonds. The molecule has 1 aromatic heterocycles. The normalized spacial score (nSPS) is 12.7. The van der Waals surface area contributed by atoms with Crippen LogP contribution in [0.2, 0.25) is 0 Å². The van der Waals surface area contributed by atoms with E-state index in [2.05, 4.69) is 55.9 Å². The van der Waals surface area contributed by atoms with Gasteiger partial charge in [0.2, 0.25) is 0 Å². The van der Waals surface area contributed by atoms with Gasteiger partial charge in [-0.15, -0.1) is 11.3 Å². The summed E-state index contributed by atoms with van der Waals surface area (Å²) >= 11 is 8.43. The Kier molecular flexibility index (Phi) is 8.28. The van der Waals surface area contributed by atoms with E-state index in [0.29, 0.717) is 0 Å². The van der Waals surface area contributed by atoms with Gasteiger partial charge in [-0.05, 0) is 51.0 Å². The van der Waals surface area contributed by atoms with E-state index in [9.17, 15) is 4.79 Å². The lowest BCUT2D eigenvalue weighted by Gasteiger charge is -2.20. The Hall–Kier alpha value is 0.0500. The maximum absolute atomic E-state index is 11.9. The molecule has 0 fully saturated rings. The third-order valence-electron chi connectivity index (χ3n) is 3.06. The molecule has 1 aromatic rings. The molecule has 7 heteroatoms. The molecule has 1 unspecified atom stereocenters. The number of thiophene rings is 1. The van der Waals surface area contributed by atoms with Crippen molar-refractivity contribution in [1.29, 1.82) is 0 Å². The minimum atomic E-state index is -0.414. The van der Waals surface area contributed by atoms with Crippen LogP contribution in [-0.2, 0) is 9.53 Å². The Morgan fingerprint density at radius 1 is 1.45 bits per heavy atom. The lowest BCUT2D eigenvalue weighted by molar-refractivity contribution is -0.143. The number of nitrogens with one attached hydrogen (secondary N) is 1. The summed E-state index contributed by atoms with van der Waals surface area (Å²) in [6.45, 7) is 7.95. The molecule has 1 heterocycles. The lowest BCUT2D eigenvalue weighted by Crippen LogP contribution is -2.36. The van der Waals surface area contributed by atoms with Gasteiger partial charge in [-0.3, -0.25) is 5.32 Å². The molecule has 1 atom stereocenters.